The van der Waals surface area contributed by atoms with E-state index < -0.39 is 36.4 Å². The summed E-state index contributed by atoms with van der Waals surface area (Å²) in [5.74, 6) is -1.55. The number of methoxy groups -OCH3 is 1. The predicted octanol–water partition coefficient (Wildman–Crippen LogP) is 2.14. The van der Waals surface area contributed by atoms with Crippen molar-refractivity contribution < 1.29 is 28.6 Å². The molecule has 1 aromatic carbocycles. The van der Waals surface area contributed by atoms with Gasteiger partial charge in [0.2, 0.25) is 0 Å². The first-order valence-corrected chi connectivity index (χ1v) is 9.18. The van der Waals surface area contributed by atoms with Gasteiger partial charge in [-0.15, -0.1) is 0 Å². The third-order valence-corrected chi connectivity index (χ3v) is 4.83. The van der Waals surface area contributed by atoms with Gasteiger partial charge in [-0.05, 0) is 36.1 Å². The fourth-order valence-electron chi connectivity index (χ4n) is 2.78. The molecular weight excluding hydrogens is 374 g/mol. The Morgan fingerprint density at radius 1 is 1.37 bits per heavy atom. The quantitative estimate of drug-likeness (QED) is 0.709. The van der Waals surface area contributed by atoms with Crippen LogP contribution in [0, 0.1) is 11.8 Å². The molecule has 0 bridgehead atoms. The summed E-state index contributed by atoms with van der Waals surface area (Å²) >= 11 is 5.97. The van der Waals surface area contributed by atoms with Gasteiger partial charge in [-0.2, -0.15) is 0 Å². The van der Waals surface area contributed by atoms with Crippen LogP contribution >= 0.6 is 11.6 Å². The number of hydrogen-bond acceptors (Lipinski definition) is 6. The molecule has 148 valence electrons. The number of esters is 2. The Bertz CT molecular complexity index is 707. The van der Waals surface area contributed by atoms with Gasteiger partial charge < -0.3 is 19.5 Å². The molecule has 0 unspecified atom stereocenters. The maximum atomic E-state index is 12.3. The molecule has 7 nitrogen and oxygen atoms in total. The number of ether oxygens (including phenoxy) is 3. The summed E-state index contributed by atoms with van der Waals surface area (Å²) in [7, 11) is 1.26. The number of amides is 1. The Balaban J connectivity index is 1.87. The van der Waals surface area contributed by atoms with Gasteiger partial charge in [0.05, 0.1) is 13.0 Å². The van der Waals surface area contributed by atoms with Crippen LogP contribution in [0.15, 0.2) is 18.2 Å². The number of carbonyl (C=O) groups is 3. The van der Waals surface area contributed by atoms with E-state index in [0.29, 0.717) is 23.6 Å². The Kier molecular flexibility index (Phi) is 7.47. The molecule has 1 aliphatic rings. The standard InChI is InChI=1S/C19H24ClNO6/c1-4-11(2)17(19(24)25-3)21-16(22)10-27-18(23)13-7-12-8-14(20)5-6-15(12)26-9-13/h5-6,8,11,13,17H,4,7,9-10H2,1-3H3,(H,21,22)/t11-,13+,17-/m0/s1. The topological polar surface area (TPSA) is 90.9 Å². The zero-order valence-electron chi connectivity index (χ0n) is 15.6. The molecule has 3 atom stereocenters. The first-order chi connectivity index (χ1) is 12.8. The summed E-state index contributed by atoms with van der Waals surface area (Å²) < 4.78 is 15.4. The molecule has 0 aliphatic carbocycles. The predicted molar refractivity (Wildman–Crippen MR) is 98.5 cm³/mol. The Hall–Kier alpha value is -2.28. The monoisotopic (exact) mass is 397 g/mol. The van der Waals surface area contributed by atoms with Crippen LogP contribution in [-0.4, -0.2) is 44.2 Å². The zero-order valence-corrected chi connectivity index (χ0v) is 16.4. The van der Waals surface area contributed by atoms with Crippen LogP contribution in [-0.2, 0) is 30.3 Å². The van der Waals surface area contributed by atoms with E-state index in [1.807, 2.05) is 13.8 Å². The highest BCUT2D eigenvalue weighted by Crippen LogP contribution is 2.30. The normalized spacial score (nSPS) is 17.7. The molecule has 27 heavy (non-hydrogen) atoms. The summed E-state index contributed by atoms with van der Waals surface area (Å²) in [6.45, 7) is 3.43. The Labute approximate surface area is 163 Å². The van der Waals surface area contributed by atoms with Crippen molar-refractivity contribution >= 4 is 29.4 Å². The molecule has 0 radical (unpaired) electrons. The lowest BCUT2D eigenvalue weighted by molar-refractivity contribution is -0.155. The number of benzene rings is 1. The van der Waals surface area contributed by atoms with Crippen LogP contribution in [0.5, 0.6) is 5.75 Å². The second-order valence-corrected chi connectivity index (χ2v) is 6.96. The van der Waals surface area contributed by atoms with Crippen molar-refractivity contribution in [3.63, 3.8) is 0 Å². The minimum absolute atomic E-state index is 0.106. The van der Waals surface area contributed by atoms with Gasteiger partial charge in [0.15, 0.2) is 6.61 Å². The first kappa shape index (κ1) is 21.0. The van der Waals surface area contributed by atoms with Crippen LogP contribution in [0.3, 0.4) is 0 Å². The van der Waals surface area contributed by atoms with Gasteiger partial charge in [-0.25, -0.2) is 4.79 Å². The van der Waals surface area contributed by atoms with E-state index >= 15 is 0 Å². The molecule has 0 aromatic heterocycles. The van der Waals surface area contributed by atoms with Crippen molar-refractivity contribution in [1.29, 1.82) is 0 Å². The van der Waals surface area contributed by atoms with E-state index in [9.17, 15) is 14.4 Å². The lowest BCUT2D eigenvalue weighted by Crippen LogP contribution is -2.47. The van der Waals surface area contributed by atoms with Crippen molar-refractivity contribution in [2.45, 2.75) is 32.7 Å². The number of hydrogen-bond donors (Lipinski definition) is 1. The third-order valence-electron chi connectivity index (χ3n) is 4.59. The molecule has 1 amide bonds. The molecular formula is C19H24ClNO6. The van der Waals surface area contributed by atoms with Crippen molar-refractivity contribution in [3.8, 4) is 5.75 Å². The van der Waals surface area contributed by atoms with Crippen molar-refractivity contribution in [1.82, 2.24) is 5.32 Å². The number of halogens is 1. The average molecular weight is 398 g/mol. The number of fused-ring (bicyclic) bond motifs is 1. The van der Waals surface area contributed by atoms with Crippen molar-refractivity contribution in [2.24, 2.45) is 11.8 Å². The van der Waals surface area contributed by atoms with Crippen LogP contribution < -0.4 is 10.1 Å². The molecule has 0 spiro atoms. The zero-order chi connectivity index (χ0) is 20.0. The molecule has 1 N–H and O–H groups in total. The minimum Gasteiger partial charge on any atom is -0.492 e. The molecule has 1 aliphatic heterocycles. The average Bonchev–Trinajstić information content (AvgIpc) is 2.68. The highest BCUT2D eigenvalue weighted by molar-refractivity contribution is 6.30. The third kappa shape index (κ3) is 5.60. The van der Waals surface area contributed by atoms with Gasteiger partial charge in [0, 0.05) is 5.02 Å². The van der Waals surface area contributed by atoms with Gasteiger partial charge in [-0.3, -0.25) is 9.59 Å². The largest absolute Gasteiger partial charge is 0.492 e. The Morgan fingerprint density at radius 3 is 2.78 bits per heavy atom. The highest BCUT2D eigenvalue weighted by atomic mass is 35.5. The van der Waals surface area contributed by atoms with Gasteiger partial charge in [-0.1, -0.05) is 31.9 Å². The smallest absolute Gasteiger partial charge is 0.328 e. The molecule has 0 saturated heterocycles. The summed E-state index contributed by atoms with van der Waals surface area (Å²) in [5.41, 5.74) is 0.822. The van der Waals surface area contributed by atoms with E-state index in [0.717, 1.165) is 5.56 Å². The Morgan fingerprint density at radius 2 is 2.11 bits per heavy atom. The maximum absolute atomic E-state index is 12.3. The molecule has 0 saturated carbocycles. The summed E-state index contributed by atoms with van der Waals surface area (Å²) in [4.78, 5) is 36.1. The molecule has 1 heterocycles. The number of rotatable bonds is 7. The van der Waals surface area contributed by atoms with Crippen LogP contribution in [0.25, 0.3) is 0 Å². The maximum Gasteiger partial charge on any atom is 0.328 e. The lowest BCUT2D eigenvalue weighted by atomic mass is 9.97. The second kappa shape index (κ2) is 9.60. The van der Waals surface area contributed by atoms with E-state index in [-0.39, 0.29) is 12.5 Å². The SMILES string of the molecule is CC[C@H](C)[C@H](NC(=O)COC(=O)[C@H]1COc2ccc(Cl)cc2C1)C(=O)OC. The van der Waals surface area contributed by atoms with Gasteiger partial charge in [0.25, 0.3) is 5.91 Å². The summed E-state index contributed by atoms with van der Waals surface area (Å²) in [6, 6.07) is 4.45. The minimum atomic E-state index is -0.779. The fraction of sp³-hybridized carbons (Fsp3) is 0.526. The summed E-state index contributed by atoms with van der Waals surface area (Å²) in [5, 5.41) is 3.12. The highest BCUT2D eigenvalue weighted by Gasteiger charge is 2.30. The first-order valence-electron chi connectivity index (χ1n) is 8.80. The molecule has 8 heteroatoms. The van der Waals surface area contributed by atoms with Crippen LogP contribution in [0.2, 0.25) is 5.02 Å². The van der Waals surface area contributed by atoms with E-state index in [1.54, 1.807) is 18.2 Å². The lowest BCUT2D eigenvalue weighted by Gasteiger charge is -2.24. The number of carbonyl (C=O) groups excluding carboxylic acids is 3. The van der Waals surface area contributed by atoms with E-state index in [1.165, 1.54) is 7.11 Å². The second-order valence-electron chi connectivity index (χ2n) is 6.53. The van der Waals surface area contributed by atoms with Crippen LogP contribution in [0.1, 0.15) is 25.8 Å². The van der Waals surface area contributed by atoms with E-state index in [2.05, 4.69) is 5.32 Å². The van der Waals surface area contributed by atoms with Crippen LogP contribution in [0.4, 0.5) is 0 Å². The fourth-order valence-corrected chi connectivity index (χ4v) is 2.97. The van der Waals surface area contributed by atoms with Crippen molar-refractivity contribution in [3.05, 3.63) is 28.8 Å². The van der Waals surface area contributed by atoms with Gasteiger partial charge >= 0.3 is 11.9 Å². The van der Waals surface area contributed by atoms with E-state index in [4.69, 9.17) is 25.8 Å². The van der Waals surface area contributed by atoms with Gasteiger partial charge in [0.1, 0.15) is 18.4 Å². The summed E-state index contributed by atoms with van der Waals surface area (Å²) in [6.07, 6.45) is 1.11. The van der Waals surface area contributed by atoms with Crippen molar-refractivity contribution in [2.75, 3.05) is 20.3 Å². The molecule has 2 rings (SSSR count). The molecule has 0 fully saturated rings. The number of nitrogens with one attached hydrogen (secondary N) is 1. The molecule has 1 aromatic rings.